The average molecular weight is 579 g/mol. The highest BCUT2D eigenvalue weighted by atomic mass is 32.2. The summed E-state index contributed by atoms with van der Waals surface area (Å²) in [7, 11) is 0. The van der Waals surface area contributed by atoms with Gasteiger partial charge in [-0.25, -0.2) is 0 Å². The maximum atomic E-state index is 12.1. The number of nitrogens with zero attached hydrogens (tertiary/aromatic N) is 1. The number of aryl methyl sites for hydroxylation is 1. The lowest BCUT2D eigenvalue weighted by Crippen LogP contribution is -2.63. The number of carbonyl (C=O) groups excluding carboxylic acids is 4. The molecule has 1 aliphatic rings. The topological polar surface area (TPSA) is 152 Å². The molecule has 13 heteroatoms. The van der Waals surface area contributed by atoms with Crippen molar-refractivity contribution in [2.75, 3.05) is 12.9 Å². The van der Waals surface area contributed by atoms with Gasteiger partial charge in [-0.3, -0.25) is 24.3 Å². The van der Waals surface area contributed by atoms with Gasteiger partial charge in [0.2, 0.25) is 18.3 Å². The molecular formula is C27H34N2O10S. The molecule has 1 fully saturated rings. The van der Waals surface area contributed by atoms with Crippen LogP contribution in [0.4, 0.5) is 0 Å². The Kier molecular flexibility index (Phi) is 11.0. The van der Waals surface area contributed by atoms with Gasteiger partial charge in [-0.15, -0.1) is 16.9 Å². The molecule has 40 heavy (non-hydrogen) atoms. The Balaban J connectivity index is 2.00. The fourth-order valence-electron chi connectivity index (χ4n) is 4.30. The fraction of sp³-hybridized carbons (Fsp3) is 0.519. The molecule has 1 aromatic heterocycles. The van der Waals surface area contributed by atoms with Crippen molar-refractivity contribution in [2.45, 2.75) is 83.1 Å². The van der Waals surface area contributed by atoms with E-state index in [1.54, 1.807) is 11.8 Å². The minimum absolute atomic E-state index is 0.187. The number of carbonyl (C=O) groups is 4. The van der Waals surface area contributed by atoms with Gasteiger partial charge in [0, 0.05) is 50.3 Å². The molecule has 0 spiro atoms. The van der Waals surface area contributed by atoms with Crippen LogP contribution in [0.2, 0.25) is 0 Å². The van der Waals surface area contributed by atoms with Gasteiger partial charge in [-0.05, 0) is 30.4 Å². The lowest BCUT2D eigenvalue weighted by molar-refractivity contribution is -0.289. The van der Waals surface area contributed by atoms with E-state index in [9.17, 15) is 19.2 Å². The molecule has 1 aliphatic heterocycles. The highest BCUT2D eigenvalue weighted by Gasteiger charge is 2.53. The first-order chi connectivity index (χ1) is 19.0. The molecule has 0 radical (unpaired) electrons. The first-order valence-electron chi connectivity index (χ1n) is 12.7. The van der Waals surface area contributed by atoms with Crippen molar-refractivity contribution >= 4 is 35.6 Å². The number of aromatic nitrogens is 2. The normalized spacial score (nSPS) is 22.2. The fourth-order valence-corrected chi connectivity index (χ4v) is 4.70. The number of hydrogen-bond acceptors (Lipinski definition) is 12. The summed E-state index contributed by atoms with van der Waals surface area (Å²) >= 11 is 1.64. The van der Waals surface area contributed by atoms with Gasteiger partial charge in [0.05, 0.1) is 0 Å². The van der Waals surface area contributed by atoms with E-state index in [0.29, 0.717) is 12.8 Å². The molecule has 2 aromatic rings. The first-order valence-corrected chi connectivity index (χ1v) is 13.9. The third kappa shape index (κ3) is 8.21. The number of aromatic amines is 1. The minimum Gasteiger partial charge on any atom is -0.463 e. The molecule has 218 valence electrons. The molecule has 0 amide bonds. The van der Waals surface area contributed by atoms with Gasteiger partial charge in [-0.1, -0.05) is 19.1 Å². The standard InChI is InChI=1S/C27H34N2O10S/c1-7-21-20(12-18-8-10-19(40-6)11-9-18)26(29-28-21)39-27-25(37-17(5)33)24(36-16(4)32)23(35-15(3)31)22(38-27)13-34-14(2)30/h8-11,22-25,27H,7,12-13H2,1-6H3,(H,28,29)/t22-,23-,24+,25-,27+/m1/s1. The summed E-state index contributed by atoms with van der Waals surface area (Å²) in [4.78, 5) is 48.8. The zero-order chi connectivity index (χ0) is 29.4. The quantitative estimate of drug-likeness (QED) is 0.237. The maximum Gasteiger partial charge on any atom is 0.303 e. The van der Waals surface area contributed by atoms with Gasteiger partial charge in [0.1, 0.15) is 12.7 Å². The molecule has 1 saturated heterocycles. The molecule has 1 N–H and O–H groups in total. The van der Waals surface area contributed by atoms with Crippen molar-refractivity contribution in [1.29, 1.82) is 0 Å². The molecule has 5 atom stereocenters. The number of thioether (sulfide) groups is 1. The molecule has 0 aliphatic carbocycles. The van der Waals surface area contributed by atoms with Crippen molar-refractivity contribution in [3.05, 3.63) is 41.1 Å². The first kappa shape index (κ1) is 31.0. The lowest BCUT2D eigenvalue weighted by atomic mass is 9.98. The van der Waals surface area contributed by atoms with Crippen molar-refractivity contribution in [1.82, 2.24) is 10.2 Å². The number of benzene rings is 1. The Morgan fingerprint density at radius 3 is 2.05 bits per heavy atom. The predicted octanol–water partition coefficient (Wildman–Crippen LogP) is 2.75. The molecule has 0 unspecified atom stereocenters. The Labute approximate surface area is 236 Å². The average Bonchev–Trinajstić information content (AvgIpc) is 3.26. The number of rotatable bonds is 11. The van der Waals surface area contributed by atoms with Crippen LogP contribution in [0.5, 0.6) is 5.88 Å². The minimum atomic E-state index is -1.37. The molecule has 2 heterocycles. The summed E-state index contributed by atoms with van der Waals surface area (Å²) in [6.45, 7) is 6.30. The molecule has 3 rings (SSSR count). The summed E-state index contributed by atoms with van der Waals surface area (Å²) < 4.78 is 33.7. The zero-order valence-electron chi connectivity index (χ0n) is 23.3. The van der Waals surface area contributed by atoms with Crippen LogP contribution >= 0.6 is 11.8 Å². The molecule has 1 aromatic carbocycles. The monoisotopic (exact) mass is 578 g/mol. The highest BCUT2D eigenvalue weighted by molar-refractivity contribution is 7.98. The SMILES string of the molecule is CCc1[nH]nc(O[C@@H]2O[C@H](COC(C)=O)[C@@H](OC(C)=O)[C@H](OC(C)=O)[C@H]2OC(C)=O)c1Cc1ccc(SC)cc1. The van der Waals surface area contributed by atoms with Gasteiger partial charge >= 0.3 is 23.9 Å². The predicted molar refractivity (Wildman–Crippen MR) is 142 cm³/mol. The van der Waals surface area contributed by atoms with E-state index in [4.69, 9.17) is 28.4 Å². The van der Waals surface area contributed by atoms with Crippen molar-refractivity contribution in [3.8, 4) is 5.88 Å². The summed E-state index contributed by atoms with van der Waals surface area (Å²) in [6.07, 6.45) is -3.34. The Bertz CT molecular complexity index is 1200. The van der Waals surface area contributed by atoms with Crippen LogP contribution in [0.1, 0.15) is 51.4 Å². The van der Waals surface area contributed by atoms with Gasteiger partial charge in [0.25, 0.3) is 0 Å². The summed E-state index contributed by atoms with van der Waals surface area (Å²) in [6, 6.07) is 8.06. The van der Waals surface area contributed by atoms with E-state index in [1.165, 1.54) is 13.8 Å². The summed E-state index contributed by atoms with van der Waals surface area (Å²) in [5.41, 5.74) is 2.60. The maximum absolute atomic E-state index is 12.1. The van der Waals surface area contributed by atoms with Crippen LogP contribution < -0.4 is 4.74 Å². The second-order valence-electron chi connectivity index (χ2n) is 9.05. The third-order valence-electron chi connectivity index (χ3n) is 5.98. The van der Waals surface area contributed by atoms with Gasteiger partial charge in [0.15, 0.2) is 12.2 Å². The van der Waals surface area contributed by atoms with E-state index < -0.39 is 54.6 Å². The van der Waals surface area contributed by atoms with E-state index in [0.717, 1.165) is 35.6 Å². The number of ether oxygens (including phenoxy) is 6. The second kappa shape index (κ2) is 14.2. The Morgan fingerprint density at radius 2 is 1.50 bits per heavy atom. The lowest BCUT2D eigenvalue weighted by Gasteiger charge is -2.43. The van der Waals surface area contributed by atoms with Crippen LogP contribution in [0.3, 0.4) is 0 Å². The van der Waals surface area contributed by atoms with Crippen LogP contribution in [0.25, 0.3) is 0 Å². The van der Waals surface area contributed by atoms with E-state index >= 15 is 0 Å². The smallest absolute Gasteiger partial charge is 0.303 e. The summed E-state index contributed by atoms with van der Waals surface area (Å²) in [5.74, 6) is -2.58. The summed E-state index contributed by atoms with van der Waals surface area (Å²) in [5, 5.41) is 7.30. The van der Waals surface area contributed by atoms with E-state index in [1.807, 2.05) is 37.4 Å². The Hall–Kier alpha value is -3.58. The highest BCUT2D eigenvalue weighted by Crippen LogP contribution is 2.33. The van der Waals surface area contributed by atoms with Crippen LogP contribution in [-0.2, 0) is 55.7 Å². The molecule has 0 saturated carbocycles. The van der Waals surface area contributed by atoms with E-state index in [2.05, 4.69) is 10.2 Å². The second-order valence-corrected chi connectivity index (χ2v) is 9.93. The van der Waals surface area contributed by atoms with Crippen LogP contribution in [0.15, 0.2) is 29.2 Å². The van der Waals surface area contributed by atoms with Crippen molar-refractivity contribution in [3.63, 3.8) is 0 Å². The number of hydrogen-bond donors (Lipinski definition) is 1. The largest absolute Gasteiger partial charge is 0.463 e. The molecule has 0 bridgehead atoms. The molecular weight excluding hydrogens is 544 g/mol. The number of nitrogens with one attached hydrogen (secondary N) is 1. The number of esters is 4. The van der Waals surface area contributed by atoms with Crippen molar-refractivity contribution in [2.24, 2.45) is 0 Å². The van der Waals surface area contributed by atoms with Crippen LogP contribution in [-0.4, -0.2) is 77.6 Å². The van der Waals surface area contributed by atoms with Crippen LogP contribution in [0, 0.1) is 0 Å². The molecule has 12 nitrogen and oxygen atoms in total. The van der Waals surface area contributed by atoms with E-state index in [-0.39, 0.29) is 12.5 Å². The third-order valence-corrected chi connectivity index (χ3v) is 6.73. The van der Waals surface area contributed by atoms with Gasteiger partial charge in [-0.2, -0.15) is 0 Å². The Morgan fingerprint density at radius 1 is 0.900 bits per heavy atom. The zero-order valence-corrected chi connectivity index (χ0v) is 24.1. The van der Waals surface area contributed by atoms with Crippen molar-refractivity contribution < 1.29 is 47.6 Å². The number of H-pyrrole nitrogens is 1. The van der Waals surface area contributed by atoms with Gasteiger partial charge < -0.3 is 28.4 Å².